The maximum atomic E-state index is 13.1. The van der Waals surface area contributed by atoms with Crippen LogP contribution in [0.25, 0.3) is 10.2 Å². The Morgan fingerprint density at radius 1 is 1.29 bits per heavy atom. The monoisotopic (exact) mass is 342 g/mol. The number of fused-ring (bicyclic) bond motifs is 1. The first kappa shape index (κ1) is 15.8. The molecule has 2 aliphatic rings. The highest BCUT2D eigenvalue weighted by Gasteiger charge is 2.36. The molecule has 1 fully saturated rings. The largest absolute Gasteiger partial charge is 0.375 e. The summed E-state index contributed by atoms with van der Waals surface area (Å²) in [5, 5.41) is 1.10. The van der Waals surface area contributed by atoms with Crippen molar-refractivity contribution in [3.8, 4) is 0 Å². The van der Waals surface area contributed by atoms with Gasteiger partial charge in [-0.1, -0.05) is 24.3 Å². The van der Waals surface area contributed by atoms with Crippen molar-refractivity contribution in [2.24, 2.45) is 5.92 Å². The summed E-state index contributed by atoms with van der Waals surface area (Å²) in [5.41, 5.74) is 1.04. The molecule has 3 atom stereocenters. The van der Waals surface area contributed by atoms with E-state index in [1.54, 1.807) is 11.3 Å². The number of amides is 1. The van der Waals surface area contributed by atoms with Crippen LogP contribution in [0, 0.1) is 5.92 Å². The lowest BCUT2D eigenvalue weighted by molar-refractivity contribution is -0.143. The highest BCUT2D eigenvalue weighted by atomic mass is 32.1. The Morgan fingerprint density at radius 2 is 2.12 bits per heavy atom. The quantitative estimate of drug-likeness (QED) is 0.783. The highest BCUT2D eigenvalue weighted by molar-refractivity contribution is 7.18. The number of carbonyl (C=O) groups excluding carboxylic acids is 1. The molecule has 1 amide bonds. The standard InChI is InChI=1S/C19H22N2O2S/c1-13-12-21(10-11-23-13)19(22)15-7-3-2-6-14(15)18-20-16-8-4-5-9-17(16)24-18/h2-5,8-9,13-15H,6-7,10-12H2,1H3. The van der Waals surface area contributed by atoms with Crippen molar-refractivity contribution >= 4 is 27.5 Å². The van der Waals surface area contributed by atoms with Crippen LogP contribution in [0.5, 0.6) is 0 Å². The van der Waals surface area contributed by atoms with E-state index in [-0.39, 0.29) is 23.8 Å². The summed E-state index contributed by atoms with van der Waals surface area (Å²) in [5.74, 6) is 0.456. The molecule has 24 heavy (non-hydrogen) atoms. The second-order valence-electron chi connectivity index (χ2n) is 6.64. The smallest absolute Gasteiger partial charge is 0.226 e. The fourth-order valence-electron chi connectivity index (χ4n) is 3.66. The van der Waals surface area contributed by atoms with Crippen LogP contribution < -0.4 is 0 Å². The van der Waals surface area contributed by atoms with Crippen molar-refractivity contribution in [1.29, 1.82) is 0 Å². The Labute approximate surface area is 146 Å². The predicted octanol–water partition coefficient (Wildman–Crippen LogP) is 3.59. The van der Waals surface area contributed by atoms with Crippen LogP contribution >= 0.6 is 11.3 Å². The summed E-state index contributed by atoms with van der Waals surface area (Å²) in [6.07, 6.45) is 6.18. The SMILES string of the molecule is CC1CN(C(=O)C2CC=CCC2c2nc3ccccc3s2)CCO1. The second-order valence-corrected chi connectivity index (χ2v) is 7.70. The minimum atomic E-state index is 0.000798. The van der Waals surface area contributed by atoms with E-state index < -0.39 is 0 Å². The minimum Gasteiger partial charge on any atom is -0.375 e. The topological polar surface area (TPSA) is 42.4 Å². The van der Waals surface area contributed by atoms with Gasteiger partial charge in [-0.25, -0.2) is 4.98 Å². The summed E-state index contributed by atoms with van der Waals surface area (Å²) >= 11 is 1.73. The maximum Gasteiger partial charge on any atom is 0.226 e. The third-order valence-corrected chi connectivity index (χ3v) is 6.10. The van der Waals surface area contributed by atoms with Crippen LogP contribution in [0.15, 0.2) is 36.4 Å². The molecule has 0 saturated carbocycles. The molecule has 1 aliphatic carbocycles. The summed E-state index contributed by atoms with van der Waals surface area (Å²) in [6, 6.07) is 8.22. The number of benzene rings is 1. The predicted molar refractivity (Wildman–Crippen MR) is 96.2 cm³/mol. The van der Waals surface area contributed by atoms with Crippen LogP contribution in [-0.4, -0.2) is 41.6 Å². The lowest BCUT2D eigenvalue weighted by Gasteiger charge is -2.36. The molecule has 5 heteroatoms. The molecule has 1 aromatic carbocycles. The number of hydrogen-bond acceptors (Lipinski definition) is 4. The van der Waals surface area contributed by atoms with Crippen molar-refractivity contribution in [2.75, 3.05) is 19.7 Å². The molecule has 2 aromatic rings. The van der Waals surface area contributed by atoms with E-state index in [2.05, 4.69) is 24.3 Å². The molecular formula is C19H22N2O2S. The average Bonchev–Trinajstić information content (AvgIpc) is 3.05. The molecule has 0 spiro atoms. The zero-order valence-corrected chi connectivity index (χ0v) is 14.7. The average molecular weight is 342 g/mol. The number of nitrogens with zero attached hydrogens (tertiary/aromatic N) is 2. The number of allylic oxidation sites excluding steroid dienone is 2. The van der Waals surface area contributed by atoms with Crippen molar-refractivity contribution in [3.63, 3.8) is 0 Å². The van der Waals surface area contributed by atoms with Crippen molar-refractivity contribution in [3.05, 3.63) is 41.4 Å². The second kappa shape index (κ2) is 6.65. The van der Waals surface area contributed by atoms with E-state index in [0.29, 0.717) is 19.7 Å². The molecule has 1 aromatic heterocycles. The van der Waals surface area contributed by atoms with Crippen LogP contribution in [0.4, 0.5) is 0 Å². The zero-order chi connectivity index (χ0) is 16.5. The number of para-hydroxylation sites is 1. The van der Waals surface area contributed by atoms with E-state index in [0.717, 1.165) is 23.4 Å². The van der Waals surface area contributed by atoms with Crippen LogP contribution in [0.3, 0.4) is 0 Å². The van der Waals surface area contributed by atoms with Gasteiger partial charge < -0.3 is 9.64 Å². The number of aromatic nitrogens is 1. The first-order valence-corrected chi connectivity index (χ1v) is 9.45. The third kappa shape index (κ3) is 2.98. The molecule has 4 rings (SSSR count). The number of morpholine rings is 1. The lowest BCUT2D eigenvalue weighted by atomic mass is 9.82. The zero-order valence-electron chi connectivity index (χ0n) is 13.9. The van der Waals surface area contributed by atoms with Gasteiger partial charge in [-0.15, -0.1) is 11.3 Å². The van der Waals surface area contributed by atoms with Gasteiger partial charge in [0.15, 0.2) is 0 Å². The van der Waals surface area contributed by atoms with Gasteiger partial charge in [0.2, 0.25) is 5.91 Å². The van der Waals surface area contributed by atoms with Gasteiger partial charge >= 0.3 is 0 Å². The molecule has 126 valence electrons. The molecule has 1 aliphatic heterocycles. The number of carbonyl (C=O) groups is 1. The highest BCUT2D eigenvalue weighted by Crippen LogP contribution is 2.39. The van der Waals surface area contributed by atoms with Crippen molar-refractivity contribution in [1.82, 2.24) is 9.88 Å². The Hall–Kier alpha value is -1.72. The molecule has 1 saturated heterocycles. The van der Waals surface area contributed by atoms with Crippen molar-refractivity contribution < 1.29 is 9.53 Å². The van der Waals surface area contributed by atoms with E-state index in [1.165, 1.54) is 4.70 Å². The summed E-state index contributed by atoms with van der Waals surface area (Å²) in [4.78, 5) is 19.9. The molecule has 4 nitrogen and oxygen atoms in total. The van der Waals surface area contributed by atoms with Gasteiger partial charge in [0.25, 0.3) is 0 Å². The fraction of sp³-hybridized carbons (Fsp3) is 0.474. The molecule has 3 unspecified atom stereocenters. The molecule has 0 N–H and O–H groups in total. The van der Waals surface area contributed by atoms with Gasteiger partial charge in [0, 0.05) is 19.0 Å². The Bertz CT molecular complexity index is 737. The Kier molecular flexibility index (Phi) is 4.37. The molecule has 0 radical (unpaired) electrons. The normalized spacial score (nSPS) is 27.5. The third-order valence-electron chi connectivity index (χ3n) is 4.93. The van der Waals surface area contributed by atoms with E-state index >= 15 is 0 Å². The van der Waals surface area contributed by atoms with E-state index in [4.69, 9.17) is 9.72 Å². The minimum absolute atomic E-state index is 0.000798. The number of thiazole rings is 1. The summed E-state index contributed by atoms with van der Waals surface area (Å²) < 4.78 is 6.78. The Balaban J connectivity index is 1.61. The van der Waals surface area contributed by atoms with Gasteiger partial charge in [-0.3, -0.25) is 4.79 Å². The maximum absolute atomic E-state index is 13.1. The van der Waals surface area contributed by atoms with Gasteiger partial charge in [-0.2, -0.15) is 0 Å². The Morgan fingerprint density at radius 3 is 2.96 bits per heavy atom. The fourth-order valence-corrected chi connectivity index (χ4v) is 4.81. The first-order valence-electron chi connectivity index (χ1n) is 8.63. The van der Waals surface area contributed by atoms with Gasteiger partial charge in [0.05, 0.1) is 33.9 Å². The first-order chi connectivity index (χ1) is 11.7. The van der Waals surface area contributed by atoms with Crippen LogP contribution in [0.2, 0.25) is 0 Å². The van der Waals surface area contributed by atoms with E-state index in [1.807, 2.05) is 24.0 Å². The van der Waals surface area contributed by atoms with Gasteiger partial charge in [0.1, 0.15) is 0 Å². The number of hydrogen-bond donors (Lipinski definition) is 0. The van der Waals surface area contributed by atoms with E-state index in [9.17, 15) is 4.79 Å². The molecule has 0 bridgehead atoms. The molecular weight excluding hydrogens is 320 g/mol. The van der Waals surface area contributed by atoms with Gasteiger partial charge in [-0.05, 0) is 31.9 Å². The summed E-state index contributed by atoms with van der Waals surface area (Å²) in [7, 11) is 0. The van der Waals surface area contributed by atoms with Crippen molar-refractivity contribution in [2.45, 2.75) is 31.8 Å². The number of ether oxygens (including phenoxy) is 1. The lowest BCUT2D eigenvalue weighted by Crippen LogP contribution is -2.48. The molecule has 2 heterocycles. The van der Waals surface area contributed by atoms with Crippen LogP contribution in [-0.2, 0) is 9.53 Å². The van der Waals surface area contributed by atoms with Crippen LogP contribution in [0.1, 0.15) is 30.7 Å². The number of rotatable bonds is 2. The summed E-state index contributed by atoms with van der Waals surface area (Å²) in [6.45, 7) is 4.08.